The van der Waals surface area contributed by atoms with Crippen molar-refractivity contribution < 1.29 is 35.1 Å². The predicted octanol–water partition coefficient (Wildman–Crippen LogP) is 0.916. The molecule has 1 aliphatic heterocycles. The number of benzene rings is 1. The Bertz CT molecular complexity index is 813. The molecule has 0 spiro atoms. The molecule has 5 N–H and O–H groups in total. The van der Waals surface area contributed by atoms with Crippen LogP contribution in [-0.4, -0.2) is 79.9 Å². The Morgan fingerprint density at radius 3 is 2.65 bits per heavy atom. The van der Waals surface area contributed by atoms with E-state index in [1.807, 2.05) is 6.07 Å². The van der Waals surface area contributed by atoms with E-state index in [0.717, 1.165) is 56.3 Å². The number of hydrogen-bond donors (Lipinski definition) is 5. The van der Waals surface area contributed by atoms with Crippen molar-refractivity contribution in [3.63, 3.8) is 0 Å². The zero-order valence-corrected chi connectivity index (χ0v) is 17.9. The quantitative estimate of drug-likeness (QED) is 0.461. The molecule has 1 saturated carbocycles. The summed E-state index contributed by atoms with van der Waals surface area (Å²) in [6.45, 7) is 4.37. The number of carboxylic acid groups (broad SMARTS) is 1. The number of aliphatic hydroxyl groups excluding tert-OH is 3. The van der Waals surface area contributed by atoms with E-state index in [9.17, 15) is 30.3 Å². The number of carboxylic acids is 1. The molecule has 172 valence electrons. The summed E-state index contributed by atoms with van der Waals surface area (Å²) in [6, 6.07) is 3.96. The van der Waals surface area contributed by atoms with E-state index < -0.39 is 36.3 Å². The number of fused-ring (bicyclic) bond motifs is 2. The van der Waals surface area contributed by atoms with Gasteiger partial charge in [-0.05, 0) is 62.7 Å². The molecule has 4 rings (SSSR count). The van der Waals surface area contributed by atoms with Gasteiger partial charge in [-0.2, -0.15) is 0 Å². The third kappa shape index (κ3) is 4.14. The summed E-state index contributed by atoms with van der Waals surface area (Å²) in [5.41, 5.74) is 2.00. The summed E-state index contributed by atoms with van der Waals surface area (Å²) in [6.07, 6.45) is -0.889. The van der Waals surface area contributed by atoms with Gasteiger partial charge in [0.05, 0.1) is 12.0 Å². The van der Waals surface area contributed by atoms with Crippen LogP contribution in [0, 0.1) is 11.8 Å². The molecular weight excluding hydrogens is 402 g/mol. The van der Waals surface area contributed by atoms with Gasteiger partial charge in [-0.15, -0.1) is 0 Å². The molecule has 0 unspecified atom stereocenters. The normalized spacial score (nSPS) is 35.8. The van der Waals surface area contributed by atoms with Crippen molar-refractivity contribution >= 4 is 5.97 Å². The van der Waals surface area contributed by atoms with Gasteiger partial charge in [0.2, 0.25) is 0 Å². The lowest BCUT2D eigenvalue weighted by Gasteiger charge is -2.45. The molecule has 1 aromatic rings. The Hall–Kier alpha value is -1.87. The number of likely N-dealkylation sites (tertiary alicyclic amines) is 1. The van der Waals surface area contributed by atoms with E-state index in [-0.39, 0.29) is 17.9 Å². The van der Waals surface area contributed by atoms with Gasteiger partial charge in [0.1, 0.15) is 18.3 Å². The van der Waals surface area contributed by atoms with Crippen molar-refractivity contribution in [2.75, 3.05) is 13.1 Å². The number of piperidine rings is 1. The number of nitrogens with zero attached hydrogens (tertiary/aromatic N) is 1. The maximum atomic E-state index is 11.5. The van der Waals surface area contributed by atoms with E-state index in [4.69, 9.17) is 4.74 Å². The largest absolute Gasteiger partial charge is 0.504 e. The van der Waals surface area contributed by atoms with Crippen molar-refractivity contribution in [1.29, 1.82) is 0 Å². The smallest absolute Gasteiger partial charge is 0.309 e. The first-order valence-corrected chi connectivity index (χ1v) is 11.3. The third-order valence-electron chi connectivity index (χ3n) is 7.34. The van der Waals surface area contributed by atoms with Gasteiger partial charge in [0.25, 0.3) is 0 Å². The van der Waals surface area contributed by atoms with E-state index >= 15 is 0 Å². The second kappa shape index (κ2) is 8.94. The van der Waals surface area contributed by atoms with Crippen LogP contribution >= 0.6 is 0 Å². The van der Waals surface area contributed by atoms with Crippen LogP contribution in [0.25, 0.3) is 0 Å². The van der Waals surface area contributed by atoms with Crippen molar-refractivity contribution in [2.24, 2.45) is 11.8 Å². The Labute approximate surface area is 182 Å². The maximum absolute atomic E-state index is 11.5. The van der Waals surface area contributed by atoms with Gasteiger partial charge in [-0.3, -0.25) is 9.69 Å². The van der Waals surface area contributed by atoms with Crippen molar-refractivity contribution in [2.45, 2.75) is 75.9 Å². The first-order chi connectivity index (χ1) is 14.8. The second-order valence-corrected chi connectivity index (χ2v) is 9.27. The van der Waals surface area contributed by atoms with Crippen LogP contribution in [0.5, 0.6) is 11.5 Å². The van der Waals surface area contributed by atoms with Gasteiger partial charge in [-0.1, -0.05) is 13.0 Å². The van der Waals surface area contributed by atoms with Crippen molar-refractivity contribution in [3.8, 4) is 11.5 Å². The molecular formula is C23H33NO7. The molecule has 2 aliphatic carbocycles. The minimum absolute atomic E-state index is 0.0573. The molecule has 1 saturated heterocycles. The molecule has 1 heterocycles. The number of phenolic OH excluding ortho intramolecular Hbond substituents is 1. The van der Waals surface area contributed by atoms with Crippen LogP contribution in [-0.2, 0) is 17.6 Å². The number of aliphatic carboxylic acids is 1. The van der Waals surface area contributed by atoms with Crippen molar-refractivity contribution in [1.82, 2.24) is 4.90 Å². The van der Waals surface area contributed by atoms with Gasteiger partial charge in [0, 0.05) is 18.0 Å². The molecule has 8 heteroatoms. The van der Waals surface area contributed by atoms with Crippen LogP contribution in [0.15, 0.2) is 12.1 Å². The summed E-state index contributed by atoms with van der Waals surface area (Å²) in [4.78, 5) is 14.1. The number of aromatic hydroxyl groups is 1. The standard InChI is InChI=1S/C23H33NO7/c1-2-7-24-8-3-4-13-9-14-12(10-16(13)24)5-6-17(25)22(14)31-18-11-15(23(29)30)19(26)21(28)20(18)27/h5-6,13,15-16,18-21,25-28H,2-4,7-11H2,1H3,(H,29,30)/t13-,15+,16-,18-,19-,20+,21+/m1/s1. The fourth-order valence-electron chi connectivity index (χ4n) is 5.71. The highest BCUT2D eigenvalue weighted by Gasteiger charge is 2.47. The van der Waals surface area contributed by atoms with Crippen LogP contribution in [0.1, 0.15) is 43.7 Å². The third-order valence-corrected chi connectivity index (χ3v) is 7.34. The average Bonchev–Trinajstić information content (AvgIpc) is 2.75. The molecule has 0 amide bonds. The van der Waals surface area contributed by atoms with E-state index in [0.29, 0.717) is 12.0 Å². The van der Waals surface area contributed by atoms with Crippen LogP contribution in [0.3, 0.4) is 0 Å². The second-order valence-electron chi connectivity index (χ2n) is 9.27. The van der Waals surface area contributed by atoms with E-state index in [2.05, 4.69) is 11.8 Å². The minimum atomic E-state index is -1.63. The molecule has 2 fully saturated rings. The predicted molar refractivity (Wildman–Crippen MR) is 112 cm³/mol. The lowest BCUT2D eigenvalue weighted by Crippen LogP contribution is -2.57. The Kier molecular flexibility index (Phi) is 6.44. The van der Waals surface area contributed by atoms with E-state index in [1.54, 1.807) is 6.07 Å². The highest BCUT2D eigenvalue weighted by Crippen LogP contribution is 2.43. The monoisotopic (exact) mass is 435 g/mol. The SMILES string of the molecule is CCCN1CCC[C@@H]2Cc3c(ccc(O)c3O[C@@H]3C[C@H](C(=O)O)[C@@H](O)[C@H](O)[C@H]3O)C[C@H]21. The van der Waals surface area contributed by atoms with E-state index in [1.165, 1.54) is 0 Å². The number of carbonyl (C=O) groups is 1. The summed E-state index contributed by atoms with van der Waals surface area (Å²) < 4.78 is 6.00. The van der Waals surface area contributed by atoms with Crippen molar-refractivity contribution in [3.05, 3.63) is 23.3 Å². The number of aliphatic hydroxyl groups is 3. The fourth-order valence-corrected chi connectivity index (χ4v) is 5.71. The van der Waals surface area contributed by atoms with Crippen LogP contribution in [0.2, 0.25) is 0 Å². The number of hydrogen-bond acceptors (Lipinski definition) is 7. The summed E-state index contributed by atoms with van der Waals surface area (Å²) in [7, 11) is 0. The van der Waals surface area contributed by atoms with Crippen LogP contribution in [0.4, 0.5) is 0 Å². The molecule has 1 aromatic carbocycles. The zero-order chi connectivity index (χ0) is 22.3. The topological polar surface area (TPSA) is 131 Å². The van der Waals surface area contributed by atoms with Gasteiger partial charge >= 0.3 is 5.97 Å². The number of ether oxygens (including phenoxy) is 1. The minimum Gasteiger partial charge on any atom is -0.504 e. The summed E-state index contributed by atoms with van der Waals surface area (Å²) >= 11 is 0. The molecule has 0 radical (unpaired) electrons. The maximum Gasteiger partial charge on any atom is 0.309 e. The molecule has 3 aliphatic rings. The Balaban J connectivity index is 1.61. The lowest BCUT2D eigenvalue weighted by atomic mass is 9.74. The van der Waals surface area contributed by atoms with Gasteiger partial charge in [0.15, 0.2) is 11.5 Å². The highest BCUT2D eigenvalue weighted by molar-refractivity contribution is 5.71. The highest BCUT2D eigenvalue weighted by atomic mass is 16.5. The summed E-state index contributed by atoms with van der Waals surface area (Å²) in [5, 5.41) is 50.5. The first kappa shape index (κ1) is 22.3. The zero-order valence-electron chi connectivity index (χ0n) is 17.9. The molecule has 7 atom stereocenters. The van der Waals surface area contributed by atoms with Crippen LogP contribution < -0.4 is 4.74 Å². The number of rotatable bonds is 5. The molecule has 31 heavy (non-hydrogen) atoms. The molecule has 0 aromatic heterocycles. The molecule has 8 nitrogen and oxygen atoms in total. The Morgan fingerprint density at radius 2 is 1.94 bits per heavy atom. The summed E-state index contributed by atoms with van der Waals surface area (Å²) in [5.74, 6) is -1.85. The lowest BCUT2D eigenvalue weighted by molar-refractivity contribution is -0.174. The molecule has 0 bridgehead atoms. The average molecular weight is 436 g/mol. The Morgan fingerprint density at radius 1 is 1.16 bits per heavy atom. The number of phenols is 1. The fraction of sp³-hybridized carbons (Fsp3) is 0.696. The first-order valence-electron chi connectivity index (χ1n) is 11.3. The van der Waals surface area contributed by atoms with Gasteiger partial charge < -0.3 is 30.3 Å². The van der Waals surface area contributed by atoms with Gasteiger partial charge in [-0.25, -0.2) is 0 Å².